The number of rotatable bonds is 6. The van der Waals surface area contributed by atoms with Crippen LogP contribution in [0, 0.1) is 20.8 Å². The van der Waals surface area contributed by atoms with Crippen LogP contribution in [0.4, 0.5) is 0 Å². The van der Waals surface area contributed by atoms with Crippen molar-refractivity contribution in [3.63, 3.8) is 0 Å². The minimum atomic E-state index is -0.813. The van der Waals surface area contributed by atoms with E-state index in [0.29, 0.717) is 5.56 Å². The smallest absolute Gasteiger partial charge is 0.310 e. The first-order valence-corrected chi connectivity index (χ1v) is 8.26. The molecular weight excluding hydrogens is 316 g/mol. The van der Waals surface area contributed by atoms with Crippen molar-refractivity contribution in [2.75, 3.05) is 7.11 Å². The number of hydrogen-bond donors (Lipinski definition) is 0. The van der Waals surface area contributed by atoms with Gasteiger partial charge in [-0.25, -0.2) is 0 Å². The monoisotopic (exact) mass is 340 g/mol. The Labute approximate surface area is 148 Å². The summed E-state index contributed by atoms with van der Waals surface area (Å²) in [6.45, 7) is 7.48. The van der Waals surface area contributed by atoms with Gasteiger partial charge in [-0.3, -0.25) is 9.59 Å². The van der Waals surface area contributed by atoms with E-state index in [1.807, 2.05) is 32.9 Å². The highest BCUT2D eigenvalue weighted by Crippen LogP contribution is 2.18. The number of carbonyl (C=O) groups excluding carboxylic acids is 2. The molecule has 2 aromatic carbocycles. The number of esters is 1. The van der Waals surface area contributed by atoms with Gasteiger partial charge in [-0.05, 0) is 68.1 Å². The lowest BCUT2D eigenvalue weighted by Gasteiger charge is -2.15. The summed E-state index contributed by atoms with van der Waals surface area (Å²) in [4.78, 5) is 24.7. The number of methoxy groups -OCH3 is 1. The van der Waals surface area contributed by atoms with Crippen molar-refractivity contribution in [2.45, 2.75) is 40.2 Å². The van der Waals surface area contributed by atoms with E-state index in [-0.39, 0.29) is 12.2 Å². The maximum Gasteiger partial charge on any atom is 0.310 e. The quantitative estimate of drug-likeness (QED) is 0.590. The van der Waals surface area contributed by atoms with Gasteiger partial charge in [0, 0.05) is 5.56 Å². The molecule has 0 bridgehead atoms. The van der Waals surface area contributed by atoms with Gasteiger partial charge in [-0.1, -0.05) is 18.2 Å². The highest BCUT2D eigenvalue weighted by molar-refractivity contribution is 6.01. The van der Waals surface area contributed by atoms with E-state index in [2.05, 4.69) is 0 Å². The van der Waals surface area contributed by atoms with Crippen LogP contribution in [0.3, 0.4) is 0 Å². The lowest BCUT2D eigenvalue weighted by Crippen LogP contribution is -2.26. The molecule has 0 unspecified atom stereocenters. The molecule has 0 N–H and O–H groups in total. The zero-order valence-electron chi connectivity index (χ0n) is 15.4. The molecule has 0 radical (unpaired) electrons. The van der Waals surface area contributed by atoms with Gasteiger partial charge in [-0.2, -0.15) is 0 Å². The van der Waals surface area contributed by atoms with Gasteiger partial charge in [0.05, 0.1) is 13.5 Å². The number of hydrogen-bond acceptors (Lipinski definition) is 4. The van der Waals surface area contributed by atoms with E-state index in [1.54, 1.807) is 38.3 Å². The van der Waals surface area contributed by atoms with E-state index in [9.17, 15) is 9.59 Å². The average molecular weight is 340 g/mol. The van der Waals surface area contributed by atoms with Crippen molar-refractivity contribution in [1.29, 1.82) is 0 Å². The third-order valence-electron chi connectivity index (χ3n) is 4.29. The van der Waals surface area contributed by atoms with Gasteiger partial charge in [0.25, 0.3) is 0 Å². The number of benzene rings is 2. The Morgan fingerprint density at radius 2 is 1.56 bits per heavy atom. The molecule has 0 aliphatic carbocycles. The summed E-state index contributed by atoms with van der Waals surface area (Å²) >= 11 is 0. The molecule has 25 heavy (non-hydrogen) atoms. The number of Topliss-reactive ketones (excluding diaryl/α,β-unsaturated/α-hetero) is 1. The van der Waals surface area contributed by atoms with Gasteiger partial charge in [0.1, 0.15) is 5.75 Å². The normalized spacial score (nSPS) is 11.7. The van der Waals surface area contributed by atoms with Crippen molar-refractivity contribution in [2.24, 2.45) is 0 Å². The van der Waals surface area contributed by atoms with Gasteiger partial charge in [0.2, 0.25) is 5.78 Å². The highest BCUT2D eigenvalue weighted by atomic mass is 16.5. The summed E-state index contributed by atoms with van der Waals surface area (Å²) in [5.74, 6) is 0.127. The molecule has 0 fully saturated rings. The van der Waals surface area contributed by atoms with Crippen LogP contribution in [0.2, 0.25) is 0 Å². The largest absolute Gasteiger partial charge is 0.497 e. The van der Waals surface area contributed by atoms with Crippen molar-refractivity contribution in [1.82, 2.24) is 0 Å². The third-order valence-corrected chi connectivity index (χ3v) is 4.29. The summed E-state index contributed by atoms with van der Waals surface area (Å²) in [5.41, 5.74) is 4.50. The first kappa shape index (κ1) is 18.7. The van der Waals surface area contributed by atoms with E-state index in [0.717, 1.165) is 28.0 Å². The average Bonchev–Trinajstić information content (AvgIpc) is 2.58. The molecule has 132 valence electrons. The summed E-state index contributed by atoms with van der Waals surface area (Å²) in [6.07, 6.45) is -0.695. The molecule has 0 spiro atoms. The van der Waals surface area contributed by atoms with Crippen LogP contribution in [0.15, 0.2) is 36.4 Å². The molecule has 0 aliphatic heterocycles. The molecular formula is C21H24O4. The molecule has 0 amide bonds. The van der Waals surface area contributed by atoms with E-state index < -0.39 is 12.1 Å². The summed E-state index contributed by atoms with van der Waals surface area (Å²) in [6, 6.07) is 11.0. The summed E-state index contributed by atoms with van der Waals surface area (Å²) < 4.78 is 10.4. The number of ketones is 1. The Hall–Kier alpha value is -2.62. The SMILES string of the molecule is COc1ccc(CC(=O)O[C@@H](C)C(=O)c2cc(C)c(C)cc2C)cc1. The van der Waals surface area contributed by atoms with Crippen molar-refractivity contribution in [3.05, 3.63) is 64.2 Å². The fraction of sp³-hybridized carbons (Fsp3) is 0.333. The minimum absolute atomic E-state index is 0.119. The second-order valence-electron chi connectivity index (χ2n) is 6.27. The molecule has 0 heterocycles. The predicted octanol–water partition coefficient (Wildman–Crippen LogP) is 3.98. The van der Waals surface area contributed by atoms with Crippen LogP contribution >= 0.6 is 0 Å². The van der Waals surface area contributed by atoms with Crippen LogP contribution in [-0.2, 0) is 16.0 Å². The Balaban J connectivity index is 2.02. The molecule has 0 aliphatic rings. The lowest BCUT2D eigenvalue weighted by atomic mass is 9.96. The Bertz CT molecular complexity index is 775. The van der Waals surface area contributed by atoms with E-state index in [1.165, 1.54) is 0 Å². The van der Waals surface area contributed by atoms with Gasteiger partial charge in [-0.15, -0.1) is 0 Å². The molecule has 1 atom stereocenters. The first-order chi connectivity index (χ1) is 11.8. The molecule has 0 saturated carbocycles. The maximum atomic E-state index is 12.6. The first-order valence-electron chi connectivity index (χ1n) is 8.26. The van der Waals surface area contributed by atoms with Crippen molar-refractivity contribution >= 4 is 11.8 Å². The second-order valence-corrected chi connectivity index (χ2v) is 6.27. The molecule has 0 aromatic heterocycles. The van der Waals surface area contributed by atoms with Gasteiger partial charge >= 0.3 is 5.97 Å². The number of ether oxygens (including phenoxy) is 2. The van der Waals surface area contributed by atoms with Gasteiger partial charge < -0.3 is 9.47 Å². The summed E-state index contributed by atoms with van der Waals surface area (Å²) in [5, 5.41) is 0. The van der Waals surface area contributed by atoms with Crippen molar-refractivity contribution in [3.8, 4) is 5.75 Å². The fourth-order valence-corrected chi connectivity index (χ4v) is 2.65. The van der Waals surface area contributed by atoms with Crippen LogP contribution in [0.1, 0.15) is 39.5 Å². The van der Waals surface area contributed by atoms with Crippen molar-refractivity contribution < 1.29 is 19.1 Å². The predicted molar refractivity (Wildman–Crippen MR) is 97.2 cm³/mol. The highest BCUT2D eigenvalue weighted by Gasteiger charge is 2.21. The van der Waals surface area contributed by atoms with E-state index in [4.69, 9.17) is 9.47 Å². The Morgan fingerprint density at radius 3 is 2.16 bits per heavy atom. The fourth-order valence-electron chi connectivity index (χ4n) is 2.65. The molecule has 4 heteroatoms. The second kappa shape index (κ2) is 7.97. The standard InChI is InChI=1S/C21H24O4/c1-13-10-15(3)19(11-14(13)2)21(23)16(4)25-20(22)12-17-6-8-18(24-5)9-7-17/h6-11,16H,12H2,1-5H3/t16-/m0/s1. The lowest BCUT2D eigenvalue weighted by molar-refractivity contribution is -0.145. The van der Waals surface area contributed by atoms with Crippen LogP contribution in [0.25, 0.3) is 0 Å². The number of aryl methyl sites for hydroxylation is 3. The topological polar surface area (TPSA) is 52.6 Å². The van der Waals surface area contributed by atoms with E-state index >= 15 is 0 Å². The van der Waals surface area contributed by atoms with Crippen LogP contribution < -0.4 is 4.74 Å². The number of carbonyl (C=O) groups is 2. The Morgan fingerprint density at radius 1 is 0.960 bits per heavy atom. The molecule has 0 saturated heterocycles. The third kappa shape index (κ3) is 4.69. The zero-order valence-corrected chi connectivity index (χ0v) is 15.4. The Kier molecular flexibility index (Phi) is 5.97. The summed E-state index contributed by atoms with van der Waals surface area (Å²) in [7, 11) is 1.59. The maximum absolute atomic E-state index is 12.6. The van der Waals surface area contributed by atoms with Crippen LogP contribution in [0.5, 0.6) is 5.75 Å². The minimum Gasteiger partial charge on any atom is -0.497 e. The van der Waals surface area contributed by atoms with Crippen LogP contribution in [-0.4, -0.2) is 25.0 Å². The molecule has 2 rings (SSSR count). The van der Waals surface area contributed by atoms with Gasteiger partial charge in [0.15, 0.2) is 6.10 Å². The zero-order chi connectivity index (χ0) is 18.6. The molecule has 2 aromatic rings. The molecule has 4 nitrogen and oxygen atoms in total.